The summed E-state index contributed by atoms with van der Waals surface area (Å²) in [5.74, 6) is -6.03. The van der Waals surface area contributed by atoms with Gasteiger partial charge in [0.15, 0.2) is 0 Å². The Morgan fingerprint density at radius 2 is 1.37 bits per heavy atom. The van der Waals surface area contributed by atoms with Crippen molar-refractivity contribution in [3.8, 4) is 0 Å². The lowest BCUT2D eigenvalue weighted by Gasteiger charge is -2.36. The minimum Gasteiger partial charge on any atom is -0.364 e. The Morgan fingerprint density at radius 1 is 0.842 bits per heavy atom. The maximum absolute atomic E-state index is 13.6. The highest BCUT2D eigenvalue weighted by Crippen LogP contribution is 2.31. The minimum absolute atomic E-state index is 0.354. The van der Waals surface area contributed by atoms with E-state index in [1.54, 1.807) is 0 Å². The summed E-state index contributed by atoms with van der Waals surface area (Å²) in [6.07, 6.45) is 2.31. The second-order valence-corrected chi connectivity index (χ2v) is 4.92. The summed E-state index contributed by atoms with van der Waals surface area (Å²) in [6.45, 7) is 2.00. The molecule has 2 aliphatic rings. The predicted molar refractivity (Wildman–Crippen MR) is 60.9 cm³/mol. The predicted octanol–water partition coefficient (Wildman–Crippen LogP) is 1.92. The molecular formula is C12H13F4N3. The zero-order valence-corrected chi connectivity index (χ0v) is 10.2. The van der Waals surface area contributed by atoms with Crippen LogP contribution in [0.15, 0.2) is 0 Å². The molecule has 104 valence electrons. The van der Waals surface area contributed by atoms with E-state index in [2.05, 4.69) is 9.88 Å². The van der Waals surface area contributed by atoms with Gasteiger partial charge in [-0.3, -0.25) is 4.90 Å². The van der Waals surface area contributed by atoms with E-state index in [0.717, 1.165) is 12.8 Å². The molecule has 7 heteroatoms. The number of aromatic nitrogens is 1. The van der Waals surface area contributed by atoms with Gasteiger partial charge in [-0.15, -0.1) is 0 Å². The van der Waals surface area contributed by atoms with Gasteiger partial charge >= 0.3 is 0 Å². The van der Waals surface area contributed by atoms with Crippen LogP contribution in [-0.4, -0.2) is 42.1 Å². The molecule has 0 radical (unpaired) electrons. The molecule has 1 saturated heterocycles. The monoisotopic (exact) mass is 275 g/mol. The van der Waals surface area contributed by atoms with Gasteiger partial charge in [-0.05, 0) is 12.8 Å². The van der Waals surface area contributed by atoms with Gasteiger partial charge in [0.1, 0.15) is 5.69 Å². The summed E-state index contributed by atoms with van der Waals surface area (Å²) in [6, 6.07) is 0.572. The van der Waals surface area contributed by atoms with Crippen LogP contribution in [0.1, 0.15) is 12.8 Å². The molecular weight excluding hydrogens is 262 g/mol. The van der Waals surface area contributed by atoms with Gasteiger partial charge in [-0.25, -0.2) is 0 Å². The molecule has 2 fully saturated rings. The average Bonchev–Trinajstić information content (AvgIpc) is 3.22. The molecule has 1 aromatic rings. The maximum atomic E-state index is 13.6. The molecule has 0 N–H and O–H groups in total. The van der Waals surface area contributed by atoms with Crippen LogP contribution in [0.2, 0.25) is 0 Å². The highest BCUT2D eigenvalue weighted by molar-refractivity contribution is 5.49. The molecule has 3 nitrogen and oxygen atoms in total. The Bertz CT molecular complexity index is 470. The van der Waals surface area contributed by atoms with Gasteiger partial charge in [0.25, 0.3) is 11.9 Å². The number of hydrogen-bond donors (Lipinski definition) is 0. The Hall–Kier alpha value is -1.37. The first-order valence-electron chi connectivity index (χ1n) is 6.27. The number of pyridine rings is 1. The van der Waals surface area contributed by atoms with E-state index in [-0.39, 0.29) is 0 Å². The summed E-state index contributed by atoms with van der Waals surface area (Å²) in [5, 5.41) is 0. The highest BCUT2D eigenvalue weighted by atomic mass is 19.2. The van der Waals surface area contributed by atoms with Crippen molar-refractivity contribution in [1.29, 1.82) is 0 Å². The molecule has 0 atom stereocenters. The van der Waals surface area contributed by atoms with Gasteiger partial charge in [0.05, 0.1) is 0 Å². The quantitative estimate of drug-likeness (QED) is 0.607. The zero-order valence-electron chi connectivity index (χ0n) is 10.2. The van der Waals surface area contributed by atoms with E-state index in [1.165, 1.54) is 4.90 Å². The maximum Gasteiger partial charge on any atom is 0.253 e. The zero-order chi connectivity index (χ0) is 13.6. The second kappa shape index (κ2) is 4.63. The lowest BCUT2D eigenvalue weighted by atomic mass is 10.2. The Morgan fingerprint density at radius 3 is 1.84 bits per heavy atom. The molecule has 1 aromatic heterocycles. The third-order valence-electron chi connectivity index (χ3n) is 3.67. The SMILES string of the molecule is Fc1nc(F)c(F)c(N2CCN(C3CC3)CC2)c1F. The first-order valence-corrected chi connectivity index (χ1v) is 6.27. The van der Waals surface area contributed by atoms with Crippen LogP contribution in [-0.2, 0) is 0 Å². The summed E-state index contributed by atoms with van der Waals surface area (Å²) in [5.41, 5.74) is -0.638. The van der Waals surface area contributed by atoms with E-state index >= 15 is 0 Å². The number of hydrogen-bond acceptors (Lipinski definition) is 3. The lowest BCUT2D eigenvalue weighted by Crippen LogP contribution is -2.48. The fourth-order valence-corrected chi connectivity index (χ4v) is 2.50. The van der Waals surface area contributed by atoms with Crippen LogP contribution in [0, 0.1) is 23.5 Å². The van der Waals surface area contributed by atoms with E-state index in [9.17, 15) is 17.6 Å². The molecule has 0 bridgehead atoms. The first kappa shape index (κ1) is 12.7. The molecule has 0 amide bonds. The number of nitrogens with zero attached hydrogens (tertiary/aromatic N) is 3. The second-order valence-electron chi connectivity index (χ2n) is 4.92. The fraction of sp³-hybridized carbons (Fsp3) is 0.583. The average molecular weight is 275 g/mol. The van der Waals surface area contributed by atoms with E-state index in [4.69, 9.17) is 0 Å². The van der Waals surface area contributed by atoms with Crippen molar-refractivity contribution in [3.05, 3.63) is 23.5 Å². The molecule has 1 aliphatic carbocycles. The van der Waals surface area contributed by atoms with Gasteiger partial charge in [-0.1, -0.05) is 0 Å². The van der Waals surface area contributed by atoms with E-state index in [1.807, 2.05) is 0 Å². The summed E-state index contributed by atoms with van der Waals surface area (Å²) >= 11 is 0. The van der Waals surface area contributed by atoms with Crippen molar-refractivity contribution in [2.24, 2.45) is 0 Å². The van der Waals surface area contributed by atoms with Crippen LogP contribution >= 0.6 is 0 Å². The minimum atomic E-state index is -1.60. The van der Waals surface area contributed by atoms with Gasteiger partial charge in [0, 0.05) is 32.2 Å². The molecule has 0 spiro atoms. The van der Waals surface area contributed by atoms with Crippen LogP contribution < -0.4 is 4.90 Å². The molecule has 2 heterocycles. The number of piperazine rings is 1. The third kappa shape index (κ3) is 2.27. The van der Waals surface area contributed by atoms with Crippen molar-refractivity contribution in [2.75, 3.05) is 31.1 Å². The molecule has 3 rings (SSSR count). The smallest absolute Gasteiger partial charge is 0.253 e. The summed E-state index contributed by atoms with van der Waals surface area (Å²) in [7, 11) is 0. The number of anilines is 1. The van der Waals surface area contributed by atoms with Crippen molar-refractivity contribution in [1.82, 2.24) is 9.88 Å². The summed E-state index contributed by atoms with van der Waals surface area (Å²) < 4.78 is 53.3. The van der Waals surface area contributed by atoms with Gasteiger partial charge in [-0.2, -0.15) is 22.5 Å². The summed E-state index contributed by atoms with van der Waals surface area (Å²) in [4.78, 5) is 6.14. The standard InChI is InChI=1S/C12H13F4N3/c13-8-10(9(14)12(16)17-11(8)15)19-5-3-18(4-6-19)7-1-2-7/h7H,1-6H2. The largest absolute Gasteiger partial charge is 0.364 e. The molecule has 1 aliphatic heterocycles. The van der Waals surface area contributed by atoms with Crippen LogP contribution in [0.4, 0.5) is 23.2 Å². The van der Waals surface area contributed by atoms with Crippen molar-refractivity contribution >= 4 is 5.69 Å². The Kier molecular flexibility index (Phi) is 3.08. The lowest BCUT2D eigenvalue weighted by molar-refractivity contribution is 0.246. The molecule has 0 aromatic carbocycles. The topological polar surface area (TPSA) is 19.4 Å². The van der Waals surface area contributed by atoms with Crippen LogP contribution in [0.25, 0.3) is 0 Å². The van der Waals surface area contributed by atoms with Crippen molar-refractivity contribution in [2.45, 2.75) is 18.9 Å². The highest BCUT2D eigenvalue weighted by Gasteiger charge is 2.33. The molecule has 1 saturated carbocycles. The third-order valence-corrected chi connectivity index (χ3v) is 3.67. The van der Waals surface area contributed by atoms with Crippen molar-refractivity contribution < 1.29 is 17.6 Å². The van der Waals surface area contributed by atoms with Crippen LogP contribution in [0.5, 0.6) is 0 Å². The number of rotatable bonds is 2. The van der Waals surface area contributed by atoms with Gasteiger partial charge < -0.3 is 4.90 Å². The van der Waals surface area contributed by atoms with E-state index < -0.39 is 29.2 Å². The Labute approximate surface area is 107 Å². The van der Waals surface area contributed by atoms with Crippen molar-refractivity contribution in [3.63, 3.8) is 0 Å². The Balaban J connectivity index is 1.82. The van der Waals surface area contributed by atoms with Gasteiger partial charge in [0.2, 0.25) is 11.6 Å². The van der Waals surface area contributed by atoms with E-state index in [0.29, 0.717) is 32.2 Å². The molecule has 0 unspecified atom stereocenters. The first-order chi connectivity index (χ1) is 9.08. The molecule has 19 heavy (non-hydrogen) atoms. The fourth-order valence-electron chi connectivity index (χ4n) is 2.50. The normalized spacial score (nSPS) is 20.9. The number of halogens is 4. The van der Waals surface area contributed by atoms with Crippen LogP contribution in [0.3, 0.4) is 0 Å².